The first-order valence-electron chi connectivity index (χ1n) is 15.9. The molecule has 0 unspecified atom stereocenters. The van der Waals surface area contributed by atoms with Crippen LogP contribution >= 0.6 is 0 Å². The van der Waals surface area contributed by atoms with Crippen LogP contribution in [0.3, 0.4) is 0 Å². The second-order valence-corrected chi connectivity index (χ2v) is 12.0. The molecule has 222 valence electrons. The van der Waals surface area contributed by atoms with E-state index in [1.54, 1.807) is 0 Å². The molecular weight excluding hydrogens is 585 g/mol. The van der Waals surface area contributed by atoms with Crippen molar-refractivity contribution in [2.45, 2.75) is 0 Å². The van der Waals surface area contributed by atoms with Crippen LogP contribution in [0.15, 0.2) is 158 Å². The van der Waals surface area contributed by atoms with E-state index in [0.29, 0.717) is 11.1 Å². The Balaban J connectivity index is 1.22. The zero-order chi connectivity index (χ0) is 32.2. The van der Waals surface area contributed by atoms with Gasteiger partial charge in [-0.15, -0.1) is 0 Å². The van der Waals surface area contributed by atoms with Gasteiger partial charge in [-0.1, -0.05) is 97.1 Å². The molecule has 2 aromatic heterocycles. The fourth-order valence-corrected chi connectivity index (χ4v) is 7.25. The lowest BCUT2D eigenvalue weighted by molar-refractivity contribution is 1.17. The zero-order valence-corrected chi connectivity index (χ0v) is 25.8. The number of fused-ring (bicyclic) bond motifs is 6. The first-order valence-corrected chi connectivity index (χ1v) is 15.9. The Kier molecular flexibility index (Phi) is 6.22. The lowest BCUT2D eigenvalue weighted by atomic mass is 9.96. The van der Waals surface area contributed by atoms with Crippen molar-refractivity contribution >= 4 is 43.6 Å². The summed E-state index contributed by atoms with van der Waals surface area (Å²) >= 11 is 0. The molecule has 0 spiro atoms. The quantitative estimate of drug-likeness (QED) is 0.199. The minimum atomic E-state index is 0.623. The van der Waals surface area contributed by atoms with Gasteiger partial charge >= 0.3 is 0 Å². The molecule has 0 N–H and O–H groups in total. The predicted molar refractivity (Wildman–Crippen MR) is 195 cm³/mol. The normalized spacial score (nSPS) is 11.3. The van der Waals surface area contributed by atoms with Crippen molar-refractivity contribution in [1.29, 1.82) is 10.5 Å². The molecule has 9 rings (SSSR count). The van der Waals surface area contributed by atoms with Gasteiger partial charge in [0.15, 0.2) is 0 Å². The highest BCUT2D eigenvalue weighted by atomic mass is 15.0. The van der Waals surface area contributed by atoms with Gasteiger partial charge < -0.3 is 9.13 Å². The summed E-state index contributed by atoms with van der Waals surface area (Å²) in [7, 11) is 0. The van der Waals surface area contributed by atoms with Gasteiger partial charge in [0, 0.05) is 27.1 Å². The minimum absolute atomic E-state index is 0.623. The summed E-state index contributed by atoms with van der Waals surface area (Å²) in [5.41, 5.74) is 11.8. The number of hydrogen-bond donors (Lipinski definition) is 0. The highest BCUT2D eigenvalue weighted by Gasteiger charge is 2.18. The monoisotopic (exact) mass is 610 g/mol. The van der Waals surface area contributed by atoms with E-state index in [9.17, 15) is 10.5 Å². The number of rotatable bonds is 4. The first kappa shape index (κ1) is 27.4. The number of para-hydroxylation sites is 4. The van der Waals surface area contributed by atoms with Crippen molar-refractivity contribution < 1.29 is 0 Å². The number of hydrogen-bond acceptors (Lipinski definition) is 2. The Labute approximate surface area is 277 Å². The van der Waals surface area contributed by atoms with Gasteiger partial charge in [0.2, 0.25) is 0 Å². The number of benzene rings is 7. The van der Waals surface area contributed by atoms with Gasteiger partial charge in [0.1, 0.15) is 6.07 Å². The van der Waals surface area contributed by atoms with E-state index < -0.39 is 0 Å². The molecule has 7 aromatic carbocycles. The molecule has 0 saturated heterocycles. The topological polar surface area (TPSA) is 57.4 Å². The molecule has 0 aliphatic rings. The van der Waals surface area contributed by atoms with Crippen LogP contribution in [0.5, 0.6) is 0 Å². The van der Waals surface area contributed by atoms with Crippen molar-refractivity contribution in [2.75, 3.05) is 0 Å². The third-order valence-electron chi connectivity index (χ3n) is 9.39. The van der Waals surface area contributed by atoms with E-state index in [-0.39, 0.29) is 0 Å². The molecule has 9 aromatic rings. The maximum absolute atomic E-state index is 10.2. The zero-order valence-electron chi connectivity index (χ0n) is 25.8. The fraction of sp³-hybridized carbons (Fsp3) is 0. The van der Waals surface area contributed by atoms with Gasteiger partial charge in [-0.05, 0) is 77.4 Å². The Bertz CT molecular complexity index is 2760. The van der Waals surface area contributed by atoms with Crippen LogP contribution in [0, 0.1) is 22.7 Å². The molecule has 4 heteroatoms. The third-order valence-corrected chi connectivity index (χ3v) is 9.39. The molecule has 0 atom stereocenters. The van der Waals surface area contributed by atoms with Crippen molar-refractivity contribution in [2.24, 2.45) is 0 Å². The largest absolute Gasteiger partial charge is 0.309 e. The molecule has 0 aliphatic carbocycles. The molecule has 2 heterocycles. The predicted octanol–water partition coefficient (Wildman–Crippen LogP) is 11.0. The van der Waals surface area contributed by atoms with Crippen LogP contribution in [-0.4, -0.2) is 9.13 Å². The van der Waals surface area contributed by atoms with Crippen LogP contribution in [0.4, 0.5) is 0 Å². The minimum Gasteiger partial charge on any atom is -0.309 e. The Hall–Kier alpha value is -6.88. The van der Waals surface area contributed by atoms with E-state index in [1.807, 2.05) is 48.5 Å². The maximum Gasteiger partial charge on any atom is 0.101 e. The van der Waals surface area contributed by atoms with Crippen LogP contribution in [0.25, 0.3) is 77.2 Å². The van der Waals surface area contributed by atoms with Crippen LogP contribution in [0.1, 0.15) is 11.1 Å². The van der Waals surface area contributed by atoms with Gasteiger partial charge in [-0.2, -0.15) is 10.5 Å². The van der Waals surface area contributed by atoms with E-state index >= 15 is 0 Å². The Morgan fingerprint density at radius 3 is 1.62 bits per heavy atom. The maximum atomic E-state index is 10.2. The molecule has 0 radical (unpaired) electrons. The van der Waals surface area contributed by atoms with E-state index in [0.717, 1.165) is 77.2 Å². The molecule has 0 saturated carbocycles. The lowest BCUT2D eigenvalue weighted by Crippen LogP contribution is -1.98. The number of nitriles is 2. The number of aromatic nitrogens is 2. The molecule has 0 amide bonds. The van der Waals surface area contributed by atoms with E-state index in [1.165, 1.54) is 0 Å². The van der Waals surface area contributed by atoms with E-state index in [4.69, 9.17) is 0 Å². The Morgan fingerprint density at radius 1 is 0.375 bits per heavy atom. The van der Waals surface area contributed by atoms with Crippen LogP contribution < -0.4 is 0 Å². The van der Waals surface area contributed by atoms with Gasteiger partial charge in [-0.25, -0.2) is 0 Å². The second-order valence-electron chi connectivity index (χ2n) is 12.0. The van der Waals surface area contributed by atoms with Gasteiger partial charge in [0.25, 0.3) is 0 Å². The summed E-state index contributed by atoms with van der Waals surface area (Å²) in [6.45, 7) is 0. The summed E-state index contributed by atoms with van der Waals surface area (Å²) in [5.74, 6) is 0. The summed E-state index contributed by atoms with van der Waals surface area (Å²) in [6.07, 6.45) is 0. The smallest absolute Gasteiger partial charge is 0.101 e. The molecule has 0 fully saturated rings. The number of nitrogens with zero attached hydrogens (tertiary/aromatic N) is 4. The summed E-state index contributed by atoms with van der Waals surface area (Å²) < 4.78 is 4.52. The highest BCUT2D eigenvalue weighted by Crippen LogP contribution is 2.39. The SMILES string of the molecule is N#Cc1ccc2c(c1)c1ccccc1n2-c1ccccc1-c1cccc(-c2ccc(C#N)c(-n3c4ccccc4c4ccccc43)c2)c1. The third kappa shape index (κ3) is 4.14. The average molecular weight is 611 g/mol. The van der Waals surface area contributed by atoms with Crippen LogP contribution in [0.2, 0.25) is 0 Å². The molecule has 0 aliphatic heterocycles. The van der Waals surface area contributed by atoms with Crippen molar-refractivity contribution in [3.63, 3.8) is 0 Å². The summed E-state index contributed by atoms with van der Waals surface area (Å²) in [4.78, 5) is 0. The van der Waals surface area contributed by atoms with Crippen molar-refractivity contribution in [3.8, 4) is 45.8 Å². The average Bonchev–Trinajstić information content (AvgIpc) is 3.67. The standard InChI is InChI=1S/C44H26N4/c45-27-29-20-23-43-38(24-29)37-15-4-8-19-42(37)47(43)39-16-5-1-12-34(39)32-11-9-10-30(25-32)31-21-22-33(28-46)44(26-31)48-40-17-6-2-13-35(40)36-14-3-7-18-41(36)48/h1-26H. The molecular formula is C44H26N4. The second kappa shape index (κ2) is 10.9. The van der Waals surface area contributed by atoms with Crippen LogP contribution in [-0.2, 0) is 0 Å². The van der Waals surface area contributed by atoms with Crippen molar-refractivity contribution in [3.05, 3.63) is 169 Å². The van der Waals surface area contributed by atoms with Crippen molar-refractivity contribution in [1.82, 2.24) is 9.13 Å². The molecule has 48 heavy (non-hydrogen) atoms. The van der Waals surface area contributed by atoms with Gasteiger partial charge in [-0.3, -0.25) is 0 Å². The van der Waals surface area contributed by atoms with E-state index in [2.05, 4.69) is 130 Å². The molecule has 0 bridgehead atoms. The lowest BCUT2D eigenvalue weighted by Gasteiger charge is -2.15. The summed E-state index contributed by atoms with van der Waals surface area (Å²) in [6, 6.07) is 59.0. The molecule has 4 nitrogen and oxygen atoms in total. The fourth-order valence-electron chi connectivity index (χ4n) is 7.25. The summed E-state index contributed by atoms with van der Waals surface area (Å²) in [5, 5.41) is 24.4. The van der Waals surface area contributed by atoms with Gasteiger partial charge in [0.05, 0.1) is 50.6 Å². The highest BCUT2D eigenvalue weighted by molar-refractivity contribution is 6.11. The Morgan fingerprint density at radius 2 is 0.938 bits per heavy atom. The first-order chi connectivity index (χ1) is 23.7.